The van der Waals surface area contributed by atoms with E-state index in [0.717, 1.165) is 18.5 Å². The molecule has 3 rings (SSSR count). The zero-order valence-corrected chi connectivity index (χ0v) is 17.0. The second-order valence-corrected chi connectivity index (χ2v) is 8.13. The lowest BCUT2D eigenvalue weighted by Gasteiger charge is -2.35. The molecule has 1 saturated carbocycles. The minimum atomic E-state index is -0.983. The molecular formula is C21H30N4O4. The van der Waals surface area contributed by atoms with E-state index in [2.05, 4.69) is 16.3 Å². The number of carboxylic acid groups (broad SMARTS) is 1. The Morgan fingerprint density at radius 1 is 1.24 bits per heavy atom. The van der Waals surface area contributed by atoms with Crippen LogP contribution in [-0.2, 0) is 9.59 Å². The first-order valence-electron chi connectivity index (χ1n) is 10.4. The van der Waals surface area contributed by atoms with Gasteiger partial charge in [0.25, 0.3) is 5.91 Å². The number of carbonyl (C=O) groups is 3. The number of hydrogen-bond donors (Lipinski definition) is 4. The number of carbonyl (C=O) groups excluding carboxylic acids is 2. The van der Waals surface area contributed by atoms with Gasteiger partial charge in [0.2, 0.25) is 5.91 Å². The van der Waals surface area contributed by atoms with E-state index in [1.54, 1.807) is 11.1 Å². The molecule has 1 heterocycles. The Labute approximate surface area is 171 Å². The quantitative estimate of drug-likeness (QED) is 0.557. The number of amides is 2. The number of para-hydroxylation sites is 1. The van der Waals surface area contributed by atoms with E-state index >= 15 is 0 Å². The maximum atomic E-state index is 12.6. The van der Waals surface area contributed by atoms with Crippen LogP contribution in [0.15, 0.2) is 24.3 Å². The fourth-order valence-electron chi connectivity index (χ4n) is 4.05. The van der Waals surface area contributed by atoms with Crippen LogP contribution in [0.25, 0.3) is 0 Å². The maximum absolute atomic E-state index is 12.6. The molecule has 0 saturated heterocycles. The average Bonchev–Trinajstić information content (AvgIpc) is 2.73. The Morgan fingerprint density at radius 2 is 1.93 bits per heavy atom. The van der Waals surface area contributed by atoms with Gasteiger partial charge in [0.05, 0.1) is 11.3 Å². The van der Waals surface area contributed by atoms with Crippen molar-refractivity contribution in [1.82, 2.24) is 15.9 Å². The van der Waals surface area contributed by atoms with Crippen molar-refractivity contribution < 1.29 is 19.5 Å². The van der Waals surface area contributed by atoms with Gasteiger partial charge in [0, 0.05) is 12.5 Å². The molecule has 2 atom stereocenters. The van der Waals surface area contributed by atoms with Gasteiger partial charge < -0.3 is 15.8 Å². The van der Waals surface area contributed by atoms with Crippen LogP contribution >= 0.6 is 0 Å². The number of rotatable bonds is 7. The van der Waals surface area contributed by atoms with Crippen molar-refractivity contribution in [2.45, 2.75) is 52.0 Å². The van der Waals surface area contributed by atoms with Crippen molar-refractivity contribution >= 4 is 23.5 Å². The van der Waals surface area contributed by atoms with Gasteiger partial charge in [-0.1, -0.05) is 32.4 Å². The van der Waals surface area contributed by atoms with Crippen LogP contribution in [0.1, 0.15) is 56.3 Å². The predicted octanol–water partition coefficient (Wildman–Crippen LogP) is 2.40. The minimum Gasteiger partial charge on any atom is -0.480 e. The second kappa shape index (κ2) is 9.26. The van der Waals surface area contributed by atoms with Crippen molar-refractivity contribution in [1.29, 1.82) is 0 Å². The molecular weight excluding hydrogens is 372 g/mol. The summed E-state index contributed by atoms with van der Waals surface area (Å²) < 4.78 is 0. The molecule has 1 aliphatic carbocycles. The lowest BCUT2D eigenvalue weighted by molar-refractivity contribution is -0.144. The minimum absolute atomic E-state index is 0.0583. The van der Waals surface area contributed by atoms with Crippen LogP contribution in [0.4, 0.5) is 5.69 Å². The summed E-state index contributed by atoms with van der Waals surface area (Å²) >= 11 is 0. The lowest BCUT2D eigenvalue weighted by Crippen LogP contribution is -2.52. The summed E-state index contributed by atoms with van der Waals surface area (Å²) in [6, 6.07) is 6.53. The smallest absolute Gasteiger partial charge is 0.326 e. The number of carboxylic acids is 1. The lowest BCUT2D eigenvalue weighted by atomic mass is 9.81. The number of anilines is 1. The maximum Gasteiger partial charge on any atom is 0.326 e. The van der Waals surface area contributed by atoms with E-state index in [1.807, 2.05) is 32.0 Å². The molecule has 0 radical (unpaired) electrons. The van der Waals surface area contributed by atoms with Gasteiger partial charge in [-0.05, 0) is 49.7 Å². The van der Waals surface area contributed by atoms with E-state index in [9.17, 15) is 19.5 Å². The number of nitrogens with one attached hydrogen (secondary N) is 3. The summed E-state index contributed by atoms with van der Waals surface area (Å²) in [5.41, 5.74) is 7.41. The first-order chi connectivity index (χ1) is 13.9. The van der Waals surface area contributed by atoms with Crippen molar-refractivity contribution in [2.75, 3.05) is 12.0 Å². The summed E-state index contributed by atoms with van der Waals surface area (Å²) in [6.45, 7) is 4.32. The fraction of sp³-hybridized carbons (Fsp3) is 0.571. The molecule has 1 aromatic rings. The number of hydrogen-bond acceptors (Lipinski definition) is 5. The summed E-state index contributed by atoms with van der Waals surface area (Å²) in [5.74, 6) is -1.19. The largest absolute Gasteiger partial charge is 0.480 e. The summed E-state index contributed by atoms with van der Waals surface area (Å²) in [6.07, 6.45) is 3.75. The molecule has 0 bridgehead atoms. The molecule has 1 aliphatic heterocycles. The number of hydrazine groups is 2. The first kappa shape index (κ1) is 21.1. The first-order valence-corrected chi connectivity index (χ1v) is 10.4. The van der Waals surface area contributed by atoms with E-state index < -0.39 is 12.0 Å². The van der Waals surface area contributed by atoms with Crippen molar-refractivity contribution in [3.63, 3.8) is 0 Å². The summed E-state index contributed by atoms with van der Waals surface area (Å²) in [5, 5.41) is 13.7. The SMILES string of the molecule is CC[C@H](C)[C@@H](NC(=O)C1CCC(CN2NNc3ccccc3C2=O)CC1)C(=O)O. The van der Waals surface area contributed by atoms with Gasteiger partial charge in [-0.3, -0.25) is 14.6 Å². The predicted molar refractivity (Wildman–Crippen MR) is 109 cm³/mol. The van der Waals surface area contributed by atoms with E-state index in [-0.39, 0.29) is 23.7 Å². The third-order valence-electron chi connectivity index (χ3n) is 6.16. The standard InChI is InChI=1S/C21H30N4O4/c1-3-13(2)18(21(28)29)22-19(26)15-10-8-14(9-11-15)12-25-20(27)16-6-4-5-7-17(16)23-24-25/h4-7,13-15,18,23-24H,3,8-12H2,1-2H3,(H,22,26)(H,28,29)/t13-,14?,15?,18+/m0/s1. The highest BCUT2D eigenvalue weighted by Crippen LogP contribution is 2.30. The molecule has 0 aromatic heterocycles. The van der Waals surface area contributed by atoms with Gasteiger partial charge in [0.1, 0.15) is 6.04 Å². The van der Waals surface area contributed by atoms with Crippen LogP contribution in [0, 0.1) is 17.8 Å². The number of benzene rings is 1. The van der Waals surface area contributed by atoms with Gasteiger partial charge in [-0.15, -0.1) is 5.53 Å². The highest BCUT2D eigenvalue weighted by atomic mass is 16.4. The van der Waals surface area contributed by atoms with Crippen LogP contribution in [0.3, 0.4) is 0 Å². The third-order valence-corrected chi connectivity index (χ3v) is 6.16. The molecule has 1 aromatic carbocycles. The molecule has 29 heavy (non-hydrogen) atoms. The topological polar surface area (TPSA) is 111 Å². The molecule has 1 fully saturated rings. The number of fused-ring (bicyclic) bond motifs is 1. The Morgan fingerprint density at radius 3 is 2.59 bits per heavy atom. The molecule has 4 N–H and O–H groups in total. The van der Waals surface area contributed by atoms with Crippen LogP contribution in [0.2, 0.25) is 0 Å². The Balaban J connectivity index is 1.50. The molecule has 0 unspecified atom stereocenters. The normalized spacial score (nSPS) is 23.5. The Bertz CT molecular complexity index is 761. The van der Waals surface area contributed by atoms with Gasteiger partial charge in [-0.2, -0.15) is 0 Å². The van der Waals surface area contributed by atoms with Crippen LogP contribution in [-0.4, -0.2) is 40.5 Å². The number of nitrogens with zero attached hydrogens (tertiary/aromatic N) is 1. The van der Waals surface area contributed by atoms with Crippen molar-refractivity contribution in [3.8, 4) is 0 Å². The van der Waals surface area contributed by atoms with Gasteiger partial charge >= 0.3 is 5.97 Å². The third kappa shape index (κ3) is 4.87. The molecule has 158 valence electrons. The molecule has 8 heteroatoms. The Hall–Kier alpha value is -2.61. The van der Waals surface area contributed by atoms with E-state index in [0.29, 0.717) is 37.3 Å². The summed E-state index contributed by atoms with van der Waals surface area (Å²) in [7, 11) is 0. The van der Waals surface area contributed by atoms with Crippen molar-refractivity contribution in [3.05, 3.63) is 29.8 Å². The zero-order valence-electron chi connectivity index (χ0n) is 17.0. The fourth-order valence-corrected chi connectivity index (χ4v) is 4.05. The van der Waals surface area contributed by atoms with E-state index in [4.69, 9.17) is 0 Å². The average molecular weight is 402 g/mol. The highest BCUT2D eigenvalue weighted by Gasteiger charge is 2.33. The molecule has 0 spiro atoms. The zero-order chi connectivity index (χ0) is 21.0. The monoisotopic (exact) mass is 402 g/mol. The molecule has 2 aliphatic rings. The molecule has 2 amide bonds. The molecule has 8 nitrogen and oxygen atoms in total. The van der Waals surface area contributed by atoms with Crippen LogP contribution < -0.4 is 16.3 Å². The van der Waals surface area contributed by atoms with E-state index in [1.165, 1.54) is 0 Å². The second-order valence-electron chi connectivity index (χ2n) is 8.13. The van der Waals surface area contributed by atoms with Gasteiger partial charge in [0.15, 0.2) is 0 Å². The van der Waals surface area contributed by atoms with Crippen molar-refractivity contribution in [2.24, 2.45) is 17.8 Å². The summed E-state index contributed by atoms with van der Waals surface area (Å²) in [4.78, 5) is 36.6. The van der Waals surface area contributed by atoms with Gasteiger partial charge in [-0.25, -0.2) is 4.79 Å². The van der Waals surface area contributed by atoms with Crippen LogP contribution in [0.5, 0.6) is 0 Å². The highest BCUT2D eigenvalue weighted by molar-refractivity contribution is 6.00. The Kier molecular flexibility index (Phi) is 6.74. The number of aliphatic carboxylic acids is 1.